The number of rotatable bonds is 2. The largest absolute Gasteiger partial charge is 0.288 e. The first-order valence-corrected chi connectivity index (χ1v) is 6.41. The van der Waals surface area contributed by atoms with Crippen LogP contribution in [0.4, 0.5) is 4.39 Å². The number of hydrogen-bond acceptors (Lipinski definition) is 2. The van der Waals surface area contributed by atoms with Crippen LogP contribution in [0, 0.1) is 5.82 Å². The highest BCUT2D eigenvalue weighted by atomic mass is 32.1. The van der Waals surface area contributed by atoms with Crippen LogP contribution in [0.25, 0.3) is 10.1 Å². The van der Waals surface area contributed by atoms with Crippen LogP contribution in [0.2, 0.25) is 0 Å². The molecule has 1 nitrogen and oxygen atoms in total. The van der Waals surface area contributed by atoms with E-state index in [-0.39, 0.29) is 11.3 Å². The van der Waals surface area contributed by atoms with E-state index in [0.717, 1.165) is 10.1 Å². The highest BCUT2D eigenvalue weighted by Gasteiger charge is 2.16. The van der Waals surface area contributed by atoms with Gasteiger partial charge < -0.3 is 0 Å². The summed E-state index contributed by atoms with van der Waals surface area (Å²) in [5, 5.41) is 2.68. The van der Waals surface area contributed by atoms with Gasteiger partial charge in [0.1, 0.15) is 5.82 Å². The Morgan fingerprint density at radius 1 is 0.944 bits per heavy atom. The molecule has 88 valence electrons. The molecule has 2 aromatic carbocycles. The molecule has 0 atom stereocenters. The van der Waals surface area contributed by atoms with Crippen LogP contribution in [0.1, 0.15) is 15.9 Å². The lowest BCUT2D eigenvalue weighted by molar-refractivity contribution is 0.103. The molecular weight excluding hydrogens is 247 g/mol. The third kappa shape index (κ3) is 1.73. The monoisotopic (exact) mass is 256 g/mol. The van der Waals surface area contributed by atoms with Crippen LogP contribution in [0.3, 0.4) is 0 Å². The molecule has 0 aliphatic carbocycles. The number of benzene rings is 2. The third-order valence-electron chi connectivity index (χ3n) is 2.84. The van der Waals surface area contributed by atoms with Crippen LogP contribution < -0.4 is 0 Å². The van der Waals surface area contributed by atoms with E-state index in [1.165, 1.54) is 23.5 Å². The van der Waals surface area contributed by atoms with E-state index in [1.807, 2.05) is 24.3 Å². The summed E-state index contributed by atoms with van der Waals surface area (Å²) in [7, 11) is 0. The summed E-state index contributed by atoms with van der Waals surface area (Å²) < 4.78 is 14.7. The van der Waals surface area contributed by atoms with E-state index in [4.69, 9.17) is 0 Å². The number of ketones is 1. The molecular formula is C15H9FOS. The lowest BCUT2D eigenvalue weighted by Gasteiger charge is -2.01. The topological polar surface area (TPSA) is 17.1 Å². The van der Waals surface area contributed by atoms with Crippen LogP contribution in [0.5, 0.6) is 0 Å². The molecule has 0 amide bonds. The number of hydrogen-bond donors (Lipinski definition) is 0. The van der Waals surface area contributed by atoms with Crippen molar-refractivity contribution in [3.63, 3.8) is 0 Å². The maximum absolute atomic E-state index is 13.6. The standard InChI is InChI=1S/C15H9FOS/c16-13-7-3-1-6-11(13)15(17)12-9-18-14-8-4-2-5-10(12)14/h1-9H. The van der Waals surface area contributed by atoms with Crippen molar-refractivity contribution >= 4 is 27.2 Å². The number of thiophene rings is 1. The van der Waals surface area contributed by atoms with Crippen molar-refractivity contribution in [1.82, 2.24) is 0 Å². The van der Waals surface area contributed by atoms with Gasteiger partial charge in [-0.1, -0.05) is 30.3 Å². The summed E-state index contributed by atoms with van der Waals surface area (Å²) in [4.78, 5) is 12.3. The Labute approximate surface area is 108 Å². The second-order valence-corrected chi connectivity index (χ2v) is 4.87. The highest BCUT2D eigenvalue weighted by molar-refractivity contribution is 7.17. The minimum absolute atomic E-state index is 0.126. The van der Waals surface area contributed by atoms with Crippen molar-refractivity contribution in [2.75, 3.05) is 0 Å². The van der Waals surface area contributed by atoms with Gasteiger partial charge in [0.2, 0.25) is 0 Å². The summed E-state index contributed by atoms with van der Waals surface area (Å²) in [6.07, 6.45) is 0. The highest BCUT2D eigenvalue weighted by Crippen LogP contribution is 2.28. The fraction of sp³-hybridized carbons (Fsp3) is 0. The molecule has 0 fully saturated rings. The molecule has 0 spiro atoms. The van der Waals surface area contributed by atoms with E-state index < -0.39 is 5.82 Å². The van der Waals surface area contributed by atoms with Gasteiger partial charge in [-0.3, -0.25) is 4.79 Å². The molecule has 0 bridgehead atoms. The van der Waals surface area contributed by atoms with E-state index in [2.05, 4.69) is 0 Å². The zero-order valence-corrected chi connectivity index (χ0v) is 10.2. The summed E-state index contributed by atoms with van der Waals surface area (Å²) >= 11 is 1.50. The summed E-state index contributed by atoms with van der Waals surface area (Å²) in [6, 6.07) is 13.7. The van der Waals surface area contributed by atoms with Gasteiger partial charge >= 0.3 is 0 Å². The first-order valence-electron chi connectivity index (χ1n) is 5.53. The average Bonchev–Trinajstić information content (AvgIpc) is 2.82. The van der Waals surface area contributed by atoms with Crippen molar-refractivity contribution in [2.45, 2.75) is 0 Å². The maximum Gasteiger partial charge on any atom is 0.197 e. The molecule has 0 aliphatic heterocycles. The number of carbonyl (C=O) groups is 1. The molecule has 0 saturated heterocycles. The second kappa shape index (κ2) is 4.35. The lowest BCUT2D eigenvalue weighted by atomic mass is 10.0. The maximum atomic E-state index is 13.6. The molecule has 1 aromatic heterocycles. The normalized spacial score (nSPS) is 10.7. The molecule has 3 rings (SSSR count). The number of halogens is 1. The van der Waals surface area contributed by atoms with Gasteiger partial charge in [0.15, 0.2) is 5.78 Å². The number of fused-ring (bicyclic) bond motifs is 1. The molecule has 3 heteroatoms. The van der Waals surface area contributed by atoms with Crippen LogP contribution in [-0.2, 0) is 0 Å². The van der Waals surface area contributed by atoms with Gasteiger partial charge in [-0.15, -0.1) is 11.3 Å². The molecule has 0 radical (unpaired) electrons. The fourth-order valence-electron chi connectivity index (χ4n) is 1.94. The quantitative estimate of drug-likeness (QED) is 0.626. The van der Waals surface area contributed by atoms with E-state index in [1.54, 1.807) is 17.5 Å². The van der Waals surface area contributed by atoms with Gasteiger partial charge in [-0.25, -0.2) is 4.39 Å². The van der Waals surface area contributed by atoms with Gasteiger partial charge in [-0.2, -0.15) is 0 Å². The SMILES string of the molecule is O=C(c1ccccc1F)c1csc2ccccc12. The molecule has 0 N–H and O–H groups in total. The smallest absolute Gasteiger partial charge is 0.197 e. The summed E-state index contributed by atoms with van der Waals surface area (Å²) in [5.41, 5.74) is 0.696. The van der Waals surface area contributed by atoms with Crippen molar-refractivity contribution in [2.24, 2.45) is 0 Å². The Bertz CT molecular complexity index is 730. The summed E-state index contributed by atoms with van der Waals surface area (Å²) in [6.45, 7) is 0. The minimum Gasteiger partial charge on any atom is -0.288 e. The zero-order chi connectivity index (χ0) is 12.5. The van der Waals surface area contributed by atoms with Crippen molar-refractivity contribution < 1.29 is 9.18 Å². The zero-order valence-electron chi connectivity index (χ0n) is 9.39. The molecule has 3 aromatic rings. The van der Waals surface area contributed by atoms with Crippen LogP contribution >= 0.6 is 11.3 Å². The van der Waals surface area contributed by atoms with Gasteiger partial charge in [0.25, 0.3) is 0 Å². The lowest BCUT2D eigenvalue weighted by Crippen LogP contribution is -2.02. The van der Waals surface area contributed by atoms with E-state index in [0.29, 0.717) is 5.56 Å². The van der Waals surface area contributed by atoms with Gasteiger partial charge in [-0.05, 0) is 18.2 Å². The second-order valence-electron chi connectivity index (χ2n) is 3.95. The Balaban J connectivity index is 2.16. The summed E-state index contributed by atoms with van der Waals surface area (Å²) in [5.74, 6) is -0.733. The predicted molar refractivity (Wildman–Crippen MR) is 71.7 cm³/mol. The van der Waals surface area contributed by atoms with Crippen molar-refractivity contribution in [3.8, 4) is 0 Å². The predicted octanol–water partition coefficient (Wildman–Crippen LogP) is 4.27. The Morgan fingerprint density at radius 3 is 2.50 bits per heavy atom. The van der Waals surface area contributed by atoms with E-state index in [9.17, 15) is 9.18 Å². The Morgan fingerprint density at radius 2 is 1.67 bits per heavy atom. The van der Waals surface area contributed by atoms with E-state index >= 15 is 0 Å². The van der Waals surface area contributed by atoms with Crippen molar-refractivity contribution in [3.05, 3.63) is 70.9 Å². The minimum atomic E-state index is -0.474. The van der Waals surface area contributed by atoms with Crippen molar-refractivity contribution in [1.29, 1.82) is 0 Å². The fourth-order valence-corrected chi connectivity index (χ4v) is 2.89. The van der Waals surface area contributed by atoms with Crippen LogP contribution in [0.15, 0.2) is 53.9 Å². The van der Waals surface area contributed by atoms with Crippen LogP contribution in [-0.4, -0.2) is 5.78 Å². The molecule has 0 unspecified atom stereocenters. The number of carbonyl (C=O) groups excluding carboxylic acids is 1. The Kier molecular flexibility index (Phi) is 2.68. The first-order chi connectivity index (χ1) is 8.77. The third-order valence-corrected chi connectivity index (χ3v) is 3.81. The molecule has 0 aliphatic rings. The molecule has 0 saturated carbocycles. The Hall–Kier alpha value is -2.00. The molecule has 18 heavy (non-hydrogen) atoms. The first kappa shape index (κ1) is 11.1. The van der Waals surface area contributed by atoms with Gasteiger partial charge in [0, 0.05) is 21.0 Å². The molecule has 1 heterocycles. The average molecular weight is 256 g/mol. The van der Waals surface area contributed by atoms with Gasteiger partial charge in [0.05, 0.1) is 5.56 Å².